The molecule has 0 spiro atoms. The van der Waals surface area contributed by atoms with Crippen molar-refractivity contribution in [3.63, 3.8) is 0 Å². The van der Waals surface area contributed by atoms with Gasteiger partial charge in [0.25, 0.3) is 0 Å². The molecule has 4 aromatic carbocycles. The van der Waals surface area contributed by atoms with E-state index in [0.29, 0.717) is 33.2 Å². The number of nitrogens with two attached hydrogens (primary N) is 3. The highest BCUT2D eigenvalue weighted by molar-refractivity contribution is 6.00. The van der Waals surface area contributed by atoms with Crippen LogP contribution < -0.4 is 65.1 Å². The number of amides is 11. The van der Waals surface area contributed by atoms with Gasteiger partial charge in [-0.1, -0.05) is 86.6 Å². The number of carbonyl (C=O) groups is 12. The van der Waals surface area contributed by atoms with E-state index in [2.05, 4.69) is 52.8 Å². The van der Waals surface area contributed by atoms with E-state index in [1.165, 1.54) is 62.4 Å². The van der Waals surface area contributed by atoms with Crippen molar-refractivity contribution in [3.05, 3.63) is 132 Å². The number of nitrogens with one attached hydrogen (secondary N) is 10. The molecule has 0 aliphatic heterocycles. The van der Waals surface area contributed by atoms with Crippen LogP contribution in [-0.2, 0) is 83.2 Å². The van der Waals surface area contributed by atoms with Crippen LogP contribution >= 0.6 is 0 Å². The highest BCUT2D eigenvalue weighted by Crippen LogP contribution is 2.21. The summed E-state index contributed by atoms with van der Waals surface area (Å²) in [5.74, 6) is -12.0. The van der Waals surface area contributed by atoms with Crippen molar-refractivity contribution in [2.45, 2.75) is 133 Å². The number of rotatable bonds is 34. The number of hydrogen-bond acceptors (Lipinski definition) is 15. The van der Waals surface area contributed by atoms with Crippen molar-refractivity contribution in [1.29, 1.82) is 0 Å². The monoisotopic (exact) mass is 1230 g/mol. The van der Waals surface area contributed by atoms with Crippen molar-refractivity contribution in [2.24, 2.45) is 23.1 Å². The second kappa shape index (κ2) is 33.5. The predicted molar refractivity (Wildman–Crippen MR) is 323 cm³/mol. The van der Waals surface area contributed by atoms with Crippen molar-refractivity contribution in [1.82, 2.24) is 52.8 Å². The number of aromatic amines is 1. The lowest BCUT2D eigenvalue weighted by Gasteiger charge is -2.28. The Morgan fingerprint density at radius 2 is 0.865 bits per heavy atom. The zero-order valence-corrected chi connectivity index (χ0v) is 49.5. The van der Waals surface area contributed by atoms with Crippen LogP contribution in [0.15, 0.2) is 109 Å². The third kappa shape index (κ3) is 22.4. The Hall–Kier alpha value is -10.4. The second-order valence-corrected chi connectivity index (χ2v) is 21.8. The molecule has 5 aromatic rings. The van der Waals surface area contributed by atoms with Crippen molar-refractivity contribution >= 4 is 81.9 Å². The van der Waals surface area contributed by atoms with Gasteiger partial charge in [0.05, 0.1) is 13.0 Å². The molecule has 0 bridgehead atoms. The average molecular weight is 1230 g/mol. The minimum atomic E-state index is -1.77. The van der Waals surface area contributed by atoms with Crippen LogP contribution in [-0.4, -0.2) is 152 Å². The summed E-state index contributed by atoms with van der Waals surface area (Å²) in [6, 6.07) is 13.6. The van der Waals surface area contributed by atoms with Gasteiger partial charge in [0.15, 0.2) is 0 Å². The largest absolute Gasteiger partial charge is 0.508 e. The topological polar surface area (TPSA) is 468 Å². The number of primary amides is 2. The van der Waals surface area contributed by atoms with Gasteiger partial charge in [-0.2, -0.15) is 0 Å². The minimum absolute atomic E-state index is 0.0470. The molecule has 476 valence electrons. The van der Waals surface area contributed by atoms with E-state index in [-0.39, 0.29) is 62.4 Å². The third-order valence-corrected chi connectivity index (χ3v) is 14.0. The standard InChI is InChI=1S/C61H77N13O15/c1-32(2)24-44(70-60(87)48(29-51(64)78)69-53(80)33(3)66-57(84)46(26-36-14-18-39(75)19-15-36)71-55(82)43(22-23-50(63)77)68-52(79)30-62)58(85)73-47(28-38-31-65-42-13-9-8-12-41(38)42)59(86)72-45(25-35-10-6-5-7-11-35)56(83)67-34(4)54(81)74-49(61(88)89)27-37-16-20-40(76)21-17-37/h5-21,31-34,43-49,65,75-76H,22-30,62H2,1-4H3,(H2,63,77)(H2,64,78)(H,66,84)(H,67,83)(H,68,79)(H,69,80)(H,70,87)(H,71,82)(H,72,86)(H,73,85)(H,74,81)(H,88,89)/t33-,34-,43-,44-,45-,46-,47-,48-,49-/m0/s1. The predicted octanol–water partition coefficient (Wildman–Crippen LogP) is -1.52. The molecule has 11 amide bonds. The molecule has 28 heteroatoms. The van der Waals surface area contributed by atoms with Crippen LogP contribution in [0.25, 0.3) is 10.9 Å². The molecule has 0 saturated heterocycles. The van der Waals surface area contributed by atoms with Gasteiger partial charge in [0, 0.05) is 49.2 Å². The summed E-state index contributed by atoms with van der Waals surface area (Å²) < 4.78 is 0. The molecule has 19 N–H and O–H groups in total. The zero-order valence-electron chi connectivity index (χ0n) is 49.5. The maximum absolute atomic E-state index is 14.8. The first-order chi connectivity index (χ1) is 42.2. The van der Waals surface area contributed by atoms with Crippen molar-refractivity contribution in [3.8, 4) is 11.5 Å². The third-order valence-electron chi connectivity index (χ3n) is 14.0. The molecule has 5 rings (SSSR count). The summed E-state index contributed by atoms with van der Waals surface area (Å²) in [5.41, 5.74) is 19.0. The molecule has 0 aliphatic rings. The lowest BCUT2D eigenvalue weighted by Crippen LogP contribution is -2.61. The van der Waals surface area contributed by atoms with Crippen molar-refractivity contribution in [2.75, 3.05) is 6.54 Å². The number of H-pyrrole nitrogens is 1. The molecule has 0 saturated carbocycles. The van der Waals surface area contributed by atoms with Gasteiger partial charge in [-0.25, -0.2) is 4.79 Å². The maximum atomic E-state index is 14.8. The normalized spacial score (nSPS) is 14.1. The van der Waals surface area contributed by atoms with E-state index < -0.39 is 138 Å². The number of carbonyl (C=O) groups excluding carboxylic acids is 11. The van der Waals surface area contributed by atoms with Crippen molar-refractivity contribution < 1.29 is 72.9 Å². The van der Waals surface area contributed by atoms with Gasteiger partial charge in [-0.3, -0.25) is 52.7 Å². The van der Waals surface area contributed by atoms with Crippen LogP contribution in [0.1, 0.15) is 75.6 Å². The van der Waals surface area contributed by atoms with E-state index in [1.807, 2.05) is 0 Å². The van der Waals surface area contributed by atoms with Crippen LogP contribution in [0.4, 0.5) is 0 Å². The summed E-state index contributed by atoms with van der Waals surface area (Å²) in [6.07, 6.45) is -0.576. The number of phenols is 2. The number of hydrogen-bond donors (Lipinski definition) is 16. The number of carboxylic acid groups (broad SMARTS) is 1. The molecular formula is C61H77N13O15. The Morgan fingerprint density at radius 1 is 0.449 bits per heavy atom. The van der Waals surface area contributed by atoms with E-state index in [0.717, 1.165) is 0 Å². The Labute approximate surface area is 512 Å². The van der Waals surface area contributed by atoms with E-state index in [9.17, 15) is 72.9 Å². The molecule has 1 aromatic heterocycles. The number of aliphatic carboxylic acids is 1. The molecule has 9 atom stereocenters. The number of aromatic nitrogens is 1. The van der Waals surface area contributed by atoms with Gasteiger partial charge in [-0.15, -0.1) is 0 Å². The first-order valence-electron chi connectivity index (χ1n) is 28.6. The first kappa shape index (κ1) is 69.4. The molecule has 0 radical (unpaired) electrons. The molecule has 28 nitrogen and oxygen atoms in total. The number of para-hydroxylation sites is 1. The van der Waals surface area contributed by atoms with Gasteiger partial charge >= 0.3 is 5.97 Å². The van der Waals surface area contributed by atoms with Crippen LogP contribution in [0.2, 0.25) is 0 Å². The lowest BCUT2D eigenvalue weighted by atomic mass is 9.99. The van der Waals surface area contributed by atoms with Gasteiger partial charge in [-0.05, 0) is 85.2 Å². The molecule has 0 unspecified atom stereocenters. The van der Waals surface area contributed by atoms with E-state index in [4.69, 9.17) is 17.2 Å². The fourth-order valence-electron chi connectivity index (χ4n) is 9.30. The summed E-state index contributed by atoms with van der Waals surface area (Å²) >= 11 is 0. The van der Waals surface area contributed by atoms with Gasteiger partial charge in [0.2, 0.25) is 65.0 Å². The molecule has 0 aliphatic carbocycles. The molecule has 1 heterocycles. The van der Waals surface area contributed by atoms with Crippen LogP contribution in [0.3, 0.4) is 0 Å². The zero-order chi connectivity index (χ0) is 65.5. The number of fused-ring (bicyclic) bond motifs is 1. The Bertz CT molecular complexity index is 3320. The quantitative estimate of drug-likeness (QED) is 0.0222. The number of benzene rings is 4. The second-order valence-electron chi connectivity index (χ2n) is 21.8. The fraction of sp³-hybridized carbons (Fsp3) is 0.377. The number of phenolic OH excluding ortho intramolecular Hbond substituents is 2. The maximum Gasteiger partial charge on any atom is 0.326 e. The highest BCUT2D eigenvalue weighted by Gasteiger charge is 2.36. The lowest BCUT2D eigenvalue weighted by molar-refractivity contribution is -0.142. The molecular weight excluding hydrogens is 1150 g/mol. The smallest absolute Gasteiger partial charge is 0.326 e. The SMILES string of the molecule is CC(C)C[C@H](NC(=O)[C@H](CC(N)=O)NC(=O)[C@H](C)NC(=O)[C@H](Cc1ccc(O)cc1)NC(=O)[C@H](CCC(N)=O)NC(=O)CN)C(=O)N[C@@H](Cc1c[nH]c2ccccc12)C(=O)N[C@@H](Cc1ccccc1)C(=O)N[C@@H](C)C(=O)N[C@@H](Cc1ccc(O)cc1)C(=O)O. The number of aromatic hydroxyl groups is 2. The van der Waals surface area contributed by atoms with Gasteiger partial charge in [0.1, 0.15) is 65.9 Å². The Morgan fingerprint density at radius 3 is 1.36 bits per heavy atom. The summed E-state index contributed by atoms with van der Waals surface area (Å²) in [6.45, 7) is 5.49. The summed E-state index contributed by atoms with van der Waals surface area (Å²) in [5, 5.41) is 52.9. The fourth-order valence-corrected chi connectivity index (χ4v) is 9.30. The number of carboxylic acids is 1. The highest BCUT2D eigenvalue weighted by atomic mass is 16.4. The van der Waals surface area contributed by atoms with Crippen LogP contribution in [0, 0.1) is 5.92 Å². The molecule has 0 fully saturated rings. The molecule has 89 heavy (non-hydrogen) atoms. The van der Waals surface area contributed by atoms with E-state index >= 15 is 0 Å². The Balaban J connectivity index is 1.37. The summed E-state index contributed by atoms with van der Waals surface area (Å²) in [7, 11) is 0. The minimum Gasteiger partial charge on any atom is -0.508 e. The first-order valence-corrected chi connectivity index (χ1v) is 28.6. The average Bonchev–Trinajstić information content (AvgIpc) is 3.73. The summed E-state index contributed by atoms with van der Waals surface area (Å²) in [4.78, 5) is 165. The van der Waals surface area contributed by atoms with E-state index in [1.54, 1.807) is 74.6 Å². The van der Waals surface area contributed by atoms with Crippen LogP contribution in [0.5, 0.6) is 11.5 Å². The Kier molecular flexibility index (Phi) is 26.1. The van der Waals surface area contributed by atoms with Gasteiger partial charge < -0.3 is 85.4 Å².